The van der Waals surface area contributed by atoms with E-state index < -0.39 is 0 Å². The van der Waals surface area contributed by atoms with E-state index in [0.717, 1.165) is 11.3 Å². The van der Waals surface area contributed by atoms with E-state index in [-0.39, 0.29) is 0 Å². The van der Waals surface area contributed by atoms with Crippen molar-refractivity contribution in [2.45, 2.75) is 5.33 Å². The lowest BCUT2D eigenvalue weighted by Crippen LogP contribution is -1.79. The maximum absolute atomic E-state index is 5.47. The van der Waals surface area contributed by atoms with Crippen molar-refractivity contribution in [3.05, 3.63) is 40.7 Å². The van der Waals surface area contributed by atoms with Crippen LogP contribution in [-0.4, -0.2) is 4.98 Å². The molecule has 14 heavy (non-hydrogen) atoms. The van der Waals surface area contributed by atoms with Crippen molar-refractivity contribution in [1.29, 1.82) is 0 Å². The van der Waals surface area contributed by atoms with Crippen molar-refractivity contribution < 1.29 is 4.42 Å². The Balaban J connectivity index is 2.43. The summed E-state index contributed by atoms with van der Waals surface area (Å²) < 4.78 is 6.16. The van der Waals surface area contributed by atoms with Crippen LogP contribution in [0, 0.1) is 0 Å². The van der Waals surface area contributed by atoms with Gasteiger partial charge >= 0.3 is 0 Å². The van der Waals surface area contributed by atoms with Crippen molar-refractivity contribution in [2.24, 2.45) is 0 Å². The zero-order valence-corrected chi connectivity index (χ0v) is 10.4. The minimum Gasteiger partial charge on any atom is -0.429 e. The first-order valence-electron chi connectivity index (χ1n) is 4.08. The van der Waals surface area contributed by atoms with Crippen LogP contribution in [0.15, 0.2) is 39.4 Å². The van der Waals surface area contributed by atoms with Gasteiger partial charge in [0.25, 0.3) is 0 Å². The highest BCUT2D eigenvalue weighted by Gasteiger charge is 2.10. The molecule has 0 N–H and O–H groups in total. The number of aromatic nitrogens is 1. The van der Waals surface area contributed by atoms with Crippen LogP contribution >= 0.6 is 31.9 Å². The number of halogens is 2. The molecule has 0 saturated heterocycles. The van der Waals surface area contributed by atoms with E-state index in [4.69, 9.17) is 4.42 Å². The lowest BCUT2D eigenvalue weighted by molar-refractivity contribution is 0.547. The van der Waals surface area contributed by atoms with Crippen LogP contribution in [0.25, 0.3) is 11.5 Å². The molecule has 0 unspecified atom stereocenters. The molecule has 1 aromatic heterocycles. The van der Waals surface area contributed by atoms with Crippen molar-refractivity contribution >= 4 is 31.9 Å². The van der Waals surface area contributed by atoms with Crippen LogP contribution in [0.5, 0.6) is 0 Å². The molecule has 0 spiro atoms. The Morgan fingerprint density at radius 2 is 1.93 bits per heavy atom. The van der Waals surface area contributed by atoms with Crippen molar-refractivity contribution in [1.82, 2.24) is 4.98 Å². The van der Waals surface area contributed by atoms with E-state index >= 15 is 0 Å². The standard InChI is InChI=1S/C10H7Br2NO/c11-6-8-9(12)14-10(13-8)7-4-2-1-3-5-7/h1-5H,6H2. The van der Waals surface area contributed by atoms with E-state index in [0.29, 0.717) is 15.9 Å². The first-order chi connectivity index (χ1) is 6.81. The molecule has 0 aliphatic rings. The van der Waals surface area contributed by atoms with Crippen molar-refractivity contribution in [3.8, 4) is 11.5 Å². The molecule has 2 aromatic rings. The Morgan fingerprint density at radius 1 is 1.21 bits per heavy atom. The molecule has 0 radical (unpaired) electrons. The van der Waals surface area contributed by atoms with Gasteiger partial charge in [-0.05, 0) is 28.1 Å². The molecule has 0 aliphatic heterocycles. The molecule has 0 bridgehead atoms. The molecule has 1 heterocycles. The third kappa shape index (κ3) is 1.91. The van der Waals surface area contributed by atoms with E-state index in [9.17, 15) is 0 Å². The fourth-order valence-electron chi connectivity index (χ4n) is 1.12. The minimum atomic E-state index is 0.645. The SMILES string of the molecule is BrCc1nc(-c2ccccc2)oc1Br. The molecule has 72 valence electrons. The molecule has 0 fully saturated rings. The summed E-state index contributed by atoms with van der Waals surface area (Å²) in [5, 5.41) is 0.684. The number of oxazole rings is 1. The number of hydrogen-bond acceptors (Lipinski definition) is 2. The van der Waals surface area contributed by atoms with E-state index in [1.165, 1.54) is 0 Å². The smallest absolute Gasteiger partial charge is 0.227 e. The van der Waals surface area contributed by atoms with Crippen molar-refractivity contribution in [3.63, 3.8) is 0 Å². The quantitative estimate of drug-likeness (QED) is 0.783. The summed E-state index contributed by atoms with van der Waals surface area (Å²) in [5.74, 6) is 0.645. The third-order valence-corrected chi connectivity index (χ3v) is 2.95. The minimum absolute atomic E-state index is 0.645. The Hall–Kier alpha value is -0.610. The molecule has 4 heteroatoms. The summed E-state index contributed by atoms with van der Waals surface area (Å²) in [7, 11) is 0. The molecule has 2 nitrogen and oxygen atoms in total. The van der Waals surface area contributed by atoms with Gasteiger partial charge in [-0.25, -0.2) is 4.98 Å². The Labute approximate surface area is 98.6 Å². The highest BCUT2D eigenvalue weighted by atomic mass is 79.9. The maximum atomic E-state index is 5.47. The van der Waals surface area contributed by atoms with Crippen LogP contribution in [0.2, 0.25) is 0 Å². The monoisotopic (exact) mass is 315 g/mol. The van der Waals surface area contributed by atoms with Crippen LogP contribution in [0.3, 0.4) is 0 Å². The average molecular weight is 317 g/mol. The van der Waals surface area contributed by atoms with Gasteiger partial charge in [0.05, 0.1) is 5.33 Å². The van der Waals surface area contributed by atoms with Gasteiger partial charge in [-0.3, -0.25) is 0 Å². The lowest BCUT2D eigenvalue weighted by atomic mass is 10.2. The summed E-state index contributed by atoms with van der Waals surface area (Å²) in [6.45, 7) is 0. The number of benzene rings is 1. The first kappa shape index (κ1) is 9.93. The van der Waals surface area contributed by atoms with Gasteiger partial charge in [0.1, 0.15) is 5.69 Å². The second kappa shape index (κ2) is 4.28. The average Bonchev–Trinajstić information content (AvgIpc) is 2.61. The maximum Gasteiger partial charge on any atom is 0.227 e. The summed E-state index contributed by atoms with van der Waals surface area (Å²) in [6.07, 6.45) is 0. The molecule has 0 aliphatic carbocycles. The van der Waals surface area contributed by atoms with Crippen LogP contribution < -0.4 is 0 Å². The van der Waals surface area contributed by atoms with E-state index in [1.807, 2.05) is 30.3 Å². The van der Waals surface area contributed by atoms with Gasteiger partial charge in [0, 0.05) is 5.56 Å². The highest BCUT2D eigenvalue weighted by Crippen LogP contribution is 2.26. The topological polar surface area (TPSA) is 26.0 Å². The summed E-state index contributed by atoms with van der Waals surface area (Å²) in [4.78, 5) is 4.34. The second-order valence-corrected chi connectivity index (χ2v) is 4.02. The number of rotatable bonds is 2. The summed E-state index contributed by atoms with van der Waals surface area (Å²) in [5.41, 5.74) is 1.87. The molecular formula is C10H7Br2NO. The zero-order chi connectivity index (χ0) is 9.97. The fourth-order valence-corrected chi connectivity index (χ4v) is 2.26. The van der Waals surface area contributed by atoms with Gasteiger partial charge in [-0.2, -0.15) is 0 Å². The largest absolute Gasteiger partial charge is 0.429 e. The van der Waals surface area contributed by atoms with Gasteiger partial charge in [-0.1, -0.05) is 34.1 Å². The molecule has 1 aromatic carbocycles. The molecule has 0 atom stereocenters. The van der Waals surface area contributed by atoms with Gasteiger partial charge in [-0.15, -0.1) is 0 Å². The predicted octanol–water partition coefficient (Wildman–Crippen LogP) is 4.00. The summed E-state index contributed by atoms with van der Waals surface area (Å²) in [6, 6.07) is 9.82. The molecule has 0 amide bonds. The van der Waals surface area contributed by atoms with Crippen molar-refractivity contribution in [2.75, 3.05) is 0 Å². The molecular weight excluding hydrogens is 310 g/mol. The Morgan fingerprint density at radius 3 is 2.50 bits per heavy atom. The first-order valence-corrected chi connectivity index (χ1v) is 5.99. The van der Waals surface area contributed by atoms with Crippen LogP contribution in [0.1, 0.15) is 5.69 Å². The lowest BCUT2D eigenvalue weighted by Gasteiger charge is -1.91. The Kier molecular flexibility index (Phi) is 3.03. The number of alkyl halides is 1. The van der Waals surface area contributed by atoms with Crippen LogP contribution in [-0.2, 0) is 5.33 Å². The van der Waals surface area contributed by atoms with Gasteiger partial charge in [0.15, 0.2) is 4.67 Å². The fraction of sp³-hybridized carbons (Fsp3) is 0.100. The third-order valence-electron chi connectivity index (χ3n) is 1.80. The number of nitrogens with zero attached hydrogens (tertiary/aromatic N) is 1. The van der Waals surface area contributed by atoms with Gasteiger partial charge < -0.3 is 4.42 Å². The second-order valence-electron chi connectivity index (χ2n) is 2.74. The van der Waals surface area contributed by atoms with E-state index in [1.54, 1.807) is 0 Å². The Bertz CT molecular complexity index is 425. The normalized spacial score (nSPS) is 10.4. The summed E-state index contributed by atoms with van der Waals surface area (Å²) >= 11 is 6.66. The highest BCUT2D eigenvalue weighted by molar-refractivity contribution is 9.10. The van der Waals surface area contributed by atoms with E-state index in [2.05, 4.69) is 36.8 Å². The number of hydrogen-bond donors (Lipinski definition) is 0. The van der Waals surface area contributed by atoms with Crippen LogP contribution in [0.4, 0.5) is 0 Å². The molecule has 2 rings (SSSR count). The van der Waals surface area contributed by atoms with Gasteiger partial charge in [0.2, 0.25) is 5.89 Å². The predicted molar refractivity (Wildman–Crippen MR) is 62.3 cm³/mol. The zero-order valence-electron chi connectivity index (χ0n) is 7.21. The molecule has 0 saturated carbocycles.